The first kappa shape index (κ1) is 24.4. The zero-order valence-corrected chi connectivity index (χ0v) is 18.4. The minimum Gasteiger partial charge on any atom is -0.366 e. The molecule has 29 heavy (non-hydrogen) atoms. The molecule has 0 aliphatic heterocycles. The van der Waals surface area contributed by atoms with E-state index in [4.69, 9.17) is 0 Å². The molecule has 0 radical (unpaired) electrons. The van der Waals surface area contributed by atoms with Gasteiger partial charge in [-0.15, -0.1) is 0 Å². The second-order valence-corrected chi connectivity index (χ2v) is 7.07. The van der Waals surface area contributed by atoms with Crippen LogP contribution in [0.5, 0.6) is 0 Å². The van der Waals surface area contributed by atoms with Crippen molar-refractivity contribution in [2.75, 3.05) is 20.1 Å². The van der Waals surface area contributed by atoms with Crippen molar-refractivity contribution >= 4 is 12.1 Å². The fourth-order valence-corrected chi connectivity index (χ4v) is 2.96. The number of aromatic nitrogens is 2. The molecule has 5 nitrogen and oxygen atoms in total. The van der Waals surface area contributed by atoms with Crippen LogP contribution < -0.4 is 10.6 Å². The molecule has 2 N–H and O–H groups in total. The van der Waals surface area contributed by atoms with Gasteiger partial charge in [0, 0.05) is 18.7 Å². The quantitative estimate of drug-likeness (QED) is 0.363. The lowest BCUT2D eigenvalue weighted by atomic mass is 9.91. The summed E-state index contributed by atoms with van der Waals surface area (Å²) in [6.45, 7) is 15.7. The Morgan fingerprint density at radius 3 is 2.66 bits per heavy atom. The smallest absolute Gasteiger partial charge is 0.128 e. The van der Waals surface area contributed by atoms with Gasteiger partial charge in [0.2, 0.25) is 0 Å². The Morgan fingerprint density at radius 1 is 1.34 bits per heavy atom. The summed E-state index contributed by atoms with van der Waals surface area (Å²) in [7, 11) is 1.94. The van der Waals surface area contributed by atoms with Gasteiger partial charge in [0.15, 0.2) is 0 Å². The van der Waals surface area contributed by atoms with E-state index >= 15 is 0 Å². The summed E-state index contributed by atoms with van der Waals surface area (Å²) in [5.41, 5.74) is 4.37. The highest BCUT2D eigenvalue weighted by Crippen LogP contribution is 2.22. The van der Waals surface area contributed by atoms with E-state index in [9.17, 15) is 4.79 Å². The lowest BCUT2D eigenvalue weighted by Crippen LogP contribution is -2.22. The van der Waals surface area contributed by atoms with E-state index < -0.39 is 0 Å². The Balaban J connectivity index is 3.15. The molecule has 1 aromatic rings. The minimum atomic E-state index is 0.239. The van der Waals surface area contributed by atoms with E-state index in [1.807, 2.05) is 37.0 Å². The number of allylic oxidation sites excluding steroid dienone is 5. The van der Waals surface area contributed by atoms with Gasteiger partial charge in [0.1, 0.15) is 12.1 Å². The van der Waals surface area contributed by atoms with Crippen LogP contribution in [0.25, 0.3) is 5.82 Å². The van der Waals surface area contributed by atoms with Crippen LogP contribution in [0.3, 0.4) is 0 Å². The zero-order valence-electron chi connectivity index (χ0n) is 18.4. The summed E-state index contributed by atoms with van der Waals surface area (Å²) in [6.07, 6.45) is 15.0. The number of aryl methyl sites for hydroxylation is 1. The van der Waals surface area contributed by atoms with Crippen LogP contribution in [0.15, 0.2) is 60.9 Å². The fraction of sp³-hybridized carbons (Fsp3) is 0.417. The number of aldehydes is 1. The Hall–Kier alpha value is -2.66. The maximum absolute atomic E-state index is 10.9. The lowest BCUT2D eigenvalue weighted by Gasteiger charge is -2.19. The maximum Gasteiger partial charge on any atom is 0.128 e. The van der Waals surface area contributed by atoms with Crippen molar-refractivity contribution in [3.05, 3.63) is 72.1 Å². The molecule has 5 heteroatoms. The number of rotatable bonds is 14. The van der Waals surface area contributed by atoms with Gasteiger partial charge >= 0.3 is 0 Å². The average molecular weight is 397 g/mol. The first-order valence-electron chi connectivity index (χ1n) is 10.2. The van der Waals surface area contributed by atoms with Crippen LogP contribution in [0.4, 0.5) is 0 Å². The Morgan fingerprint density at radius 2 is 2.10 bits per heavy atom. The molecule has 158 valence electrons. The molecule has 1 aromatic heterocycles. The fourth-order valence-electron chi connectivity index (χ4n) is 2.96. The largest absolute Gasteiger partial charge is 0.366 e. The topological polar surface area (TPSA) is 59.0 Å². The second kappa shape index (κ2) is 13.5. The van der Waals surface area contributed by atoms with Gasteiger partial charge in [-0.25, -0.2) is 4.68 Å². The summed E-state index contributed by atoms with van der Waals surface area (Å²) >= 11 is 0. The SMILES string of the molecule is C=C/C=C\C(=C/C)CN/C(=C/C(=C)C(CCC=O)CCNC)n1ncc(C)c1C. The number of hydrogen-bond acceptors (Lipinski definition) is 4. The second-order valence-electron chi connectivity index (χ2n) is 7.07. The molecule has 1 unspecified atom stereocenters. The van der Waals surface area contributed by atoms with Gasteiger partial charge in [-0.05, 0) is 75.9 Å². The molecule has 0 bridgehead atoms. The van der Waals surface area contributed by atoms with Crippen LogP contribution in [-0.2, 0) is 4.79 Å². The van der Waals surface area contributed by atoms with E-state index in [0.29, 0.717) is 13.0 Å². The highest BCUT2D eigenvalue weighted by atomic mass is 16.1. The van der Waals surface area contributed by atoms with Crippen molar-refractivity contribution in [3.8, 4) is 0 Å². The van der Waals surface area contributed by atoms with E-state index in [1.165, 1.54) is 0 Å². The van der Waals surface area contributed by atoms with E-state index in [2.05, 4.69) is 54.9 Å². The van der Waals surface area contributed by atoms with Gasteiger partial charge in [0.25, 0.3) is 0 Å². The Kier molecular flexibility index (Phi) is 11.4. The number of carbonyl (C=O) groups excluding carboxylic acids is 1. The van der Waals surface area contributed by atoms with E-state index in [0.717, 1.165) is 53.9 Å². The van der Waals surface area contributed by atoms with E-state index in [1.54, 1.807) is 6.08 Å². The van der Waals surface area contributed by atoms with Crippen molar-refractivity contribution in [2.24, 2.45) is 5.92 Å². The van der Waals surface area contributed by atoms with Crippen molar-refractivity contribution in [2.45, 2.75) is 40.0 Å². The third kappa shape index (κ3) is 8.08. The predicted octanol–water partition coefficient (Wildman–Crippen LogP) is 4.34. The summed E-state index contributed by atoms with van der Waals surface area (Å²) < 4.78 is 1.92. The zero-order chi connectivity index (χ0) is 21.6. The highest BCUT2D eigenvalue weighted by Gasteiger charge is 2.14. The highest BCUT2D eigenvalue weighted by molar-refractivity contribution is 5.52. The molecule has 0 aromatic carbocycles. The summed E-state index contributed by atoms with van der Waals surface area (Å²) in [6, 6.07) is 0. The summed E-state index contributed by atoms with van der Waals surface area (Å²) in [5, 5.41) is 11.2. The van der Waals surface area contributed by atoms with Gasteiger partial charge in [-0.3, -0.25) is 0 Å². The van der Waals surface area contributed by atoms with Crippen molar-refractivity contribution in [3.63, 3.8) is 0 Å². The molecule has 1 atom stereocenters. The van der Waals surface area contributed by atoms with Gasteiger partial charge in [-0.1, -0.05) is 37.5 Å². The third-order valence-electron chi connectivity index (χ3n) is 5.00. The van der Waals surface area contributed by atoms with Crippen molar-refractivity contribution in [1.29, 1.82) is 0 Å². The van der Waals surface area contributed by atoms with Crippen LogP contribution in [0, 0.1) is 19.8 Å². The molecule has 0 saturated heterocycles. The first-order valence-corrected chi connectivity index (χ1v) is 10.2. The molecule has 0 fully saturated rings. The third-order valence-corrected chi connectivity index (χ3v) is 5.00. The molecular formula is C24H36N4O. The lowest BCUT2D eigenvalue weighted by molar-refractivity contribution is -0.108. The number of carbonyl (C=O) groups is 1. The minimum absolute atomic E-state index is 0.239. The molecule has 0 aliphatic carbocycles. The van der Waals surface area contributed by atoms with E-state index in [-0.39, 0.29) is 5.92 Å². The van der Waals surface area contributed by atoms with Crippen LogP contribution >= 0.6 is 0 Å². The monoisotopic (exact) mass is 396 g/mol. The normalized spacial score (nSPS) is 13.5. The Labute approximate surface area is 176 Å². The number of hydrogen-bond donors (Lipinski definition) is 2. The first-order chi connectivity index (χ1) is 14.0. The molecule has 0 aliphatic rings. The van der Waals surface area contributed by atoms with Crippen LogP contribution in [0.1, 0.15) is 37.4 Å². The molecule has 1 rings (SSSR count). The summed E-state index contributed by atoms with van der Waals surface area (Å²) in [4.78, 5) is 10.9. The van der Waals surface area contributed by atoms with Crippen molar-refractivity contribution in [1.82, 2.24) is 20.4 Å². The summed E-state index contributed by atoms with van der Waals surface area (Å²) in [5.74, 6) is 1.12. The molecule has 0 saturated carbocycles. The van der Waals surface area contributed by atoms with Crippen molar-refractivity contribution < 1.29 is 4.79 Å². The number of nitrogens with zero attached hydrogens (tertiary/aromatic N) is 2. The standard InChI is InChI=1S/C24H36N4O/c1-7-9-11-22(8-2)18-26-24(28-21(5)20(4)17-27-28)16-19(3)23(12-10-15-29)13-14-25-6/h7-9,11,15-17,23,25-26H,1,3,10,12-14,18H2,2,4-6H3/b11-9-,22-8+,24-16-. The molecule has 0 spiro atoms. The van der Waals surface area contributed by atoms with Crippen LogP contribution in [-0.4, -0.2) is 36.2 Å². The number of nitrogens with one attached hydrogen (secondary N) is 2. The average Bonchev–Trinajstić information content (AvgIpc) is 3.05. The molecule has 1 heterocycles. The molecular weight excluding hydrogens is 360 g/mol. The van der Waals surface area contributed by atoms with Gasteiger partial charge in [0.05, 0.1) is 6.20 Å². The molecule has 0 amide bonds. The van der Waals surface area contributed by atoms with Crippen LogP contribution in [0.2, 0.25) is 0 Å². The Bertz CT molecular complexity index is 768. The predicted molar refractivity (Wildman–Crippen MR) is 124 cm³/mol. The van der Waals surface area contributed by atoms with Gasteiger partial charge in [-0.2, -0.15) is 5.10 Å². The van der Waals surface area contributed by atoms with Gasteiger partial charge < -0.3 is 15.4 Å². The maximum atomic E-state index is 10.9.